The highest BCUT2D eigenvalue weighted by molar-refractivity contribution is 5.88. The molecule has 0 bridgehead atoms. The van der Waals surface area contributed by atoms with Crippen molar-refractivity contribution < 1.29 is 14.3 Å². The van der Waals surface area contributed by atoms with E-state index in [0.29, 0.717) is 31.2 Å². The van der Waals surface area contributed by atoms with Crippen LogP contribution >= 0.6 is 0 Å². The molecule has 5 heteroatoms. The van der Waals surface area contributed by atoms with Gasteiger partial charge in [0.1, 0.15) is 11.8 Å². The molecule has 2 amide bonds. The Balaban J connectivity index is 1.93. The van der Waals surface area contributed by atoms with Crippen LogP contribution in [0.5, 0.6) is 5.75 Å². The number of aryl methyl sites for hydroxylation is 1. The Morgan fingerprint density at radius 2 is 1.50 bits per heavy atom. The summed E-state index contributed by atoms with van der Waals surface area (Å²) in [7, 11) is 0. The van der Waals surface area contributed by atoms with Crippen molar-refractivity contribution in [2.45, 2.75) is 66.0 Å². The monoisotopic (exact) mass is 514 g/mol. The van der Waals surface area contributed by atoms with Crippen LogP contribution in [-0.4, -0.2) is 35.9 Å². The molecule has 0 fully saturated rings. The Kier molecular flexibility index (Phi) is 10.1. The summed E-state index contributed by atoms with van der Waals surface area (Å²) in [6, 6.07) is 25.1. The van der Waals surface area contributed by atoms with Gasteiger partial charge < -0.3 is 15.0 Å². The van der Waals surface area contributed by atoms with Gasteiger partial charge in [0.2, 0.25) is 5.91 Å². The maximum absolute atomic E-state index is 13.8. The third-order valence-electron chi connectivity index (χ3n) is 6.48. The van der Waals surface area contributed by atoms with E-state index < -0.39 is 6.04 Å². The van der Waals surface area contributed by atoms with Crippen LogP contribution in [0.25, 0.3) is 0 Å². The normalized spacial score (nSPS) is 12.2. The minimum atomic E-state index is -0.675. The highest BCUT2D eigenvalue weighted by atomic mass is 16.5. The maximum Gasteiger partial charge on any atom is 0.261 e. The molecule has 5 nitrogen and oxygen atoms in total. The van der Waals surface area contributed by atoms with Gasteiger partial charge in [-0.15, -0.1) is 0 Å². The molecule has 38 heavy (non-hydrogen) atoms. The second-order valence-corrected chi connectivity index (χ2v) is 11.4. The Bertz CT molecular complexity index is 1180. The van der Waals surface area contributed by atoms with Crippen LogP contribution in [0.15, 0.2) is 78.9 Å². The number of carbonyl (C=O) groups excluding carboxylic acids is 2. The molecule has 0 aliphatic carbocycles. The molecular weight excluding hydrogens is 472 g/mol. The largest absolute Gasteiger partial charge is 0.483 e. The Morgan fingerprint density at radius 1 is 0.868 bits per heavy atom. The van der Waals surface area contributed by atoms with E-state index >= 15 is 0 Å². The van der Waals surface area contributed by atoms with Gasteiger partial charge in [-0.25, -0.2) is 0 Å². The zero-order chi connectivity index (χ0) is 27.7. The first-order valence-corrected chi connectivity index (χ1v) is 13.4. The fourth-order valence-electron chi connectivity index (χ4n) is 4.30. The molecule has 0 aromatic heterocycles. The van der Waals surface area contributed by atoms with Crippen LogP contribution in [0.2, 0.25) is 0 Å². The van der Waals surface area contributed by atoms with Crippen molar-refractivity contribution >= 4 is 11.8 Å². The van der Waals surface area contributed by atoms with Crippen molar-refractivity contribution in [3.8, 4) is 5.75 Å². The number of para-hydroxylation sites is 1. The number of nitrogens with zero attached hydrogens (tertiary/aromatic N) is 1. The summed E-state index contributed by atoms with van der Waals surface area (Å²) in [5.41, 5.74) is 4.01. The molecule has 0 aliphatic rings. The van der Waals surface area contributed by atoms with Gasteiger partial charge in [-0.1, -0.05) is 113 Å². The lowest BCUT2D eigenvalue weighted by Gasteiger charge is -2.32. The standard InChI is InChI=1S/C33H42N2O3/c1-24(2)21-34-32(37)29(20-26-12-8-7-9-13-26)35(22-27-18-16-25(3)17-19-27)31(36)23-38-30-15-11-10-14-28(30)33(4,5)6/h7-19,24,29H,20-23H2,1-6H3,(H,34,37). The van der Waals surface area contributed by atoms with E-state index in [1.54, 1.807) is 4.90 Å². The quantitative estimate of drug-likeness (QED) is 0.337. The molecule has 1 unspecified atom stereocenters. The fraction of sp³-hybridized carbons (Fsp3) is 0.394. The first-order valence-electron chi connectivity index (χ1n) is 13.4. The minimum absolute atomic E-state index is 0.131. The van der Waals surface area contributed by atoms with E-state index in [1.807, 2.05) is 85.8 Å². The van der Waals surface area contributed by atoms with Gasteiger partial charge in [0.15, 0.2) is 6.61 Å². The van der Waals surface area contributed by atoms with E-state index in [4.69, 9.17) is 4.74 Å². The summed E-state index contributed by atoms with van der Waals surface area (Å²) in [5, 5.41) is 3.06. The predicted octanol–water partition coefficient (Wildman–Crippen LogP) is 6.08. The van der Waals surface area contributed by atoms with Crippen LogP contribution in [0, 0.1) is 12.8 Å². The number of nitrogens with one attached hydrogen (secondary N) is 1. The summed E-state index contributed by atoms with van der Waals surface area (Å²) < 4.78 is 6.12. The average Bonchev–Trinajstić information content (AvgIpc) is 2.89. The van der Waals surface area contributed by atoms with E-state index in [1.165, 1.54) is 0 Å². The van der Waals surface area contributed by atoms with Crippen molar-refractivity contribution in [2.75, 3.05) is 13.2 Å². The number of benzene rings is 3. The smallest absolute Gasteiger partial charge is 0.261 e. The number of amides is 2. The van der Waals surface area contributed by atoms with Gasteiger partial charge in [0.25, 0.3) is 5.91 Å². The molecule has 202 valence electrons. The highest BCUT2D eigenvalue weighted by Gasteiger charge is 2.31. The maximum atomic E-state index is 13.8. The Hall–Kier alpha value is -3.60. The third-order valence-corrected chi connectivity index (χ3v) is 6.48. The van der Waals surface area contributed by atoms with Crippen molar-refractivity contribution in [1.82, 2.24) is 10.2 Å². The fourth-order valence-corrected chi connectivity index (χ4v) is 4.30. The molecule has 0 saturated heterocycles. The number of carbonyl (C=O) groups is 2. The summed E-state index contributed by atoms with van der Waals surface area (Å²) in [6.07, 6.45) is 0.418. The van der Waals surface area contributed by atoms with E-state index in [2.05, 4.69) is 39.9 Å². The summed E-state index contributed by atoms with van der Waals surface area (Å²) in [6.45, 7) is 13.2. The Morgan fingerprint density at radius 3 is 2.13 bits per heavy atom. The molecular formula is C33H42N2O3. The highest BCUT2D eigenvalue weighted by Crippen LogP contribution is 2.31. The van der Waals surface area contributed by atoms with Crippen LogP contribution in [0.4, 0.5) is 0 Å². The van der Waals surface area contributed by atoms with Crippen molar-refractivity contribution in [3.05, 3.63) is 101 Å². The lowest BCUT2D eigenvalue weighted by molar-refractivity contribution is -0.142. The van der Waals surface area contributed by atoms with E-state index in [-0.39, 0.29) is 23.8 Å². The first kappa shape index (κ1) is 29.0. The van der Waals surface area contributed by atoms with Crippen LogP contribution in [0.1, 0.15) is 56.9 Å². The predicted molar refractivity (Wildman–Crippen MR) is 154 cm³/mol. The second kappa shape index (κ2) is 13.3. The van der Waals surface area contributed by atoms with Gasteiger partial charge in [0.05, 0.1) is 0 Å². The first-order chi connectivity index (χ1) is 18.0. The average molecular weight is 515 g/mol. The molecule has 0 radical (unpaired) electrons. The van der Waals surface area contributed by atoms with E-state index in [0.717, 1.165) is 22.3 Å². The molecule has 3 rings (SSSR count). The lowest BCUT2D eigenvalue weighted by Crippen LogP contribution is -2.52. The summed E-state index contributed by atoms with van der Waals surface area (Å²) in [4.78, 5) is 29.1. The number of hydrogen-bond donors (Lipinski definition) is 1. The van der Waals surface area contributed by atoms with Crippen LogP contribution < -0.4 is 10.1 Å². The molecule has 0 spiro atoms. The minimum Gasteiger partial charge on any atom is -0.483 e. The lowest BCUT2D eigenvalue weighted by atomic mass is 9.86. The molecule has 0 saturated carbocycles. The van der Waals surface area contributed by atoms with Crippen LogP contribution in [-0.2, 0) is 28.0 Å². The molecule has 1 N–H and O–H groups in total. The van der Waals surface area contributed by atoms with Crippen molar-refractivity contribution in [1.29, 1.82) is 0 Å². The molecule has 1 atom stereocenters. The summed E-state index contributed by atoms with van der Waals surface area (Å²) in [5.74, 6) is 0.607. The van der Waals surface area contributed by atoms with E-state index in [9.17, 15) is 9.59 Å². The summed E-state index contributed by atoms with van der Waals surface area (Å²) >= 11 is 0. The number of rotatable bonds is 11. The molecule has 0 aliphatic heterocycles. The Labute approximate surface area is 228 Å². The van der Waals surface area contributed by atoms with Gasteiger partial charge in [-0.3, -0.25) is 9.59 Å². The SMILES string of the molecule is Cc1ccc(CN(C(=O)COc2ccccc2C(C)(C)C)C(Cc2ccccc2)C(=O)NCC(C)C)cc1. The second-order valence-electron chi connectivity index (χ2n) is 11.4. The van der Waals surface area contributed by atoms with Gasteiger partial charge in [-0.05, 0) is 41.0 Å². The number of hydrogen-bond acceptors (Lipinski definition) is 3. The van der Waals surface area contributed by atoms with Crippen molar-refractivity contribution in [3.63, 3.8) is 0 Å². The topological polar surface area (TPSA) is 58.6 Å². The van der Waals surface area contributed by atoms with Gasteiger partial charge >= 0.3 is 0 Å². The molecule has 0 heterocycles. The zero-order valence-electron chi connectivity index (χ0n) is 23.7. The zero-order valence-corrected chi connectivity index (χ0v) is 23.7. The van der Waals surface area contributed by atoms with Gasteiger partial charge in [-0.2, -0.15) is 0 Å². The molecule has 3 aromatic rings. The number of ether oxygens (including phenoxy) is 1. The van der Waals surface area contributed by atoms with Gasteiger partial charge in [0, 0.05) is 19.5 Å². The van der Waals surface area contributed by atoms with Crippen LogP contribution in [0.3, 0.4) is 0 Å². The van der Waals surface area contributed by atoms with Crippen molar-refractivity contribution in [2.24, 2.45) is 5.92 Å². The third kappa shape index (κ3) is 8.47. The molecule has 3 aromatic carbocycles.